The van der Waals surface area contributed by atoms with Crippen LogP contribution in [-0.2, 0) is 0 Å². The molecule has 2 N–H and O–H groups in total. The SMILES string of the molecule is CC1CCN(CCCNC(=O)c2ccc(Nc3ccnc(-c4ccc(F)cc4)n3)cc2)CC1. The first kappa shape index (κ1) is 22.9. The summed E-state index contributed by atoms with van der Waals surface area (Å²) in [6.07, 6.45) is 5.16. The number of nitrogens with one attached hydrogen (secondary N) is 2. The van der Waals surface area contributed by atoms with Gasteiger partial charge in [-0.05, 0) is 99.4 Å². The van der Waals surface area contributed by atoms with Gasteiger partial charge in [-0.1, -0.05) is 6.92 Å². The van der Waals surface area contributed by atoms with E-state index in [1.807, 2.05) is 12.1 Å². The van der Waals surface area contributed by atoms with Crippen LogP contribution >= 0.6 is 0 Å². The molecule has 6 nitrogen and oxygen atoms in total. The van der Waals surface area contributed by atoms with E-state index < -0.39 is 0 Å². The van der Waals surface area contributed by atoms with Crippen molar-refractivity contribution in [2.45, 2.75) is 26.2 Å². The van der Waals surface area contributed by atoms with Crippen LogP contribution in [0.5, 0.6) is 0 Å². The summed E-state index contributed by atoms with van der Waals surface area (Å²) in [7, 11) is 0. The highest BCUT2D eigenvalue weighted by atomic mass is 19.1. The molecule has 2 heterocycles. The molecule has 0 saturated carbocycles. The molecule has 0 unspecified atom stereocenters. The fraction of sp³-hybridized carbons (Fsp3) is 0.346. The number of halogens is 1. The van der Waals surface area contributed by atoms with Gasteiger partial charge in [-0.15, -0.1) is 0 Å². The Bertz CT molecular complexity index is 1050. The van der Waals surface area contributed by atoms with Crippen molar-refractivity contribution in [3.05, 3.63) is 72.2 Å². The summed E-state index contributed by atoms with van der Waals surface area (Å²) in [5.41, 5.74) is 2.18. The lowest BCUT2D eigenvalue weighted by atomic mass is 9.99. The second-order valence-electron chi connectivity index (χ2n) is 8.61. The molecule has 33 heavy (non-hydrogen) atoms. The molecule has 3 aromatic rings. The van der Waals surface area contributed by atoms with Crippen molar-refractivity contribution in [3.8, 4) is 11.4 Å². The largest absolute Gasteiger partial charge is 0.352 e. The lowest BCUT2D eigenvalue weighted by Gasteiger charge is -2.30. The zero-order valence-electron chi connectivity index (χ0n) is 18.9. The number of carbonyl (C=O) groups excluding carboxylic acids is 1. The van der Waals surface area contributed by atoms with Gasteiger partial charge in [0, 0.05) is 29.6 Å². The molecule has 2 aromatic carbocycles. The van der Waals surface area contributed by atoms with E-state index in [1.54, 1.807) is 36.5 Å². The maximum absolute atomic E-state index is 13.2. The van der Waals surface area contributed by atoms with Crippen molar-refractivity contribution < 1.29 is 9.18 Å². The first-order valence-corrected chi connectivity index (χ1v) is 11.5. The first-order chi connectivity index (χ1) is 16.1. The molecular weight excluding hydrogens is 417 g/mol. The van der Waals surface area contributed by atoms with Crippen LogP contribution in [0.15, 0.2) is 60.8 Å². The topological polar surface area (TPSA) is 70.2 Å². The van der Waals surface area contributed by atoms with Crippen molar-refractivity contribution in [2.75, 3.05) is 31.5 Å². The van der Waals surface area contributed by atoms with Crippen LogP contribution in [0.25, 0.3) is 11.4 Å². The van der Waals surface area contributed by atoms with Gasteiger partial charge in [0.25, 0.3) is 5.91 Å². The summed E-state index contributed by atoms with van der Waals surface area (Å²) >= 11 is 0. The van der Waals surface area contributed by atoms with E-state index >= 15 is 0 Å². The maximum Gasteiger partial charge on any atom is 0.251 e. The first-order valence-electron chi connectivity index (χ1n) is 11.5. The molecule has 1 saturated heterocycles. The van der Waals surface area contributed by atoms with Crippen molar-refractivity contribution in [1.82, 2.24) is 20.2 Å². The van der Waals surface area contributed by atoms with Gasteiger partial charge in [0.15, 0.2) is 5.82 Å². The van der Waals surface area contributed by atoms with Crippen LogP contribution in [0.2, 0.25) is 0 Å². The Labute approximate surface area is 194 Å². The number of carbonyl (C=O) groups is 1. The van der Waals surface area contributed by atoms with Gasteiger partial charge in [-0.3, -0.25) is 4.79 Å². The molecule has 0 spiro atoms. The Morgan fingerprint density at radius 3 is 2.52 bits per heavy atom. The number of hydrogen-bond donors (Lipinski definition) is 2. The number of rotatable bonds is 8. The number of likely N-dealkylation sites (tertiary alicyclic amines) is 1. The normalized spacial score (nSPS) is 14.7. The molecule has 7 heteroatoms. The molecule has 172 valence electrons. The lowest BCUT2D eigenvalue weighted by molar-refractivity contribution is 0.0950. The van der Waals surface area contributed by atoms with Crippen LogP contribution in [0.1, 0.15) is 36.5 Å². The minimum absolute atomic E-state index is 0.0607. The van der Waals surface area contributed by atoms with Crippen LogP contribution in [-0.4, -0.2) is 47.0 Å². The average Bonchev–Trinajstić information content (AvgIpc) is 2.84. The minimum atomic E-state index is -0.297. The Morgan fingerprint density at radius 1 is 1.06 bits per heavy atom. The number of hydrogen-bond acceptors (Lipinski definition) is 5. The summed E-state index contributed by atoms with van der Waals surface area (Å²) in [4.78, 5) is 23.7. The highest BCUT2D eigenvalue weighted by Gasteiger charge is 2.15. The van der Waals surface area contributed by atoms with Crippen LogP contribution in [0.4, 0.5) is 15.9 Å². The van der Waals surface area contributed by atoms with Crippen LogP contribution in [0, 0.1) is 11.7 Å². The Hall–Kier alpha value is -3.32. The summed E-state index contributed by atoms with van der Waals surface area (Å²) in [5.74, 6) is 1.61. The predicted octanol–water partition coefficient (Wildman–Crippen LogP) is 4.88. The molecule has 1 aromatic heterocycles. The third-order valence-corrected chi connectivity index (χ3v) is 5.99. The monoisotopic (exact) mass is 447 g/mol. The number of piperidine rings is 1. The van der Waals surface area contributed by atoms with Gasteiger partial charge in [-0.2, -0.15) is 0 Å². The lowest BCUT2D eigenvalue weighted by Crippen LogP contribution is -2.35. The third kappa shape index (κ3) is 6.58. The molecule has 1 amide bonds. The summed E-state index contributed by atoms with van der Waals surface area (Å²) in [6.45, 7) is 6.37. The summed E-state index contributed by atoms with van der Waals surface area (Å²) < 4.78 is 13.2. The number of benzene rings is 2. The molecule has 0 radical (unpaired) electrons. The van der Waals surface area contributed by atoms with E-state index in [2.05, 4.69) is 32.4 Å². The van der Waals surface area contributed by atoms with E-state index in [1.165, 1.54) is 38.1 Å². The van der Waals surface area contributed by atoms with Gasteiger partial charge in [0.1, 0.15) is 11.6 Å². The second-order valence-corrected chi connectivity index (χ2v) is 8.61. The predicted molar refractivity (Wildman–Crippen MR) is 129 cm³/mol. The molecule has 0 bridgehead atoms. The minimum Gasteiger partial charge on any atom is -0.352 e. The number of nitrogens with zero attached hydrogens (tertiary/aromatic N) is 3. The zero-order chi connectivity index (χ0) is 23.0. The quantitative estimate of drug-likeness (QED) is 0.482. The number of anilines is 2. The summed E-state index contributed by atoms with van der Waals surface area (Å²) in [6, 6.07) is 15.1. The standard InChI is InChI=1S/C26H30FN5O/c1-19-12-17-32(18-13-19)16-2-14-29-26(33)21-5-9-23(10-6-21)30-24-11-15-28-25(31-24)20-3-7-22(27)8-4-20/h3-11,15,19H,2,12-14,16-18H2,1H3,(H,29,33)(H,28,30,31). The molecule has 1 aliphatic rings. The van der Waals surface area contributed by atoms with Gasteiger partial charge in [0.05, 0.1) is 0 Å². The molecule has 1 aliphatic heterocycles. The van der Waals surface area contributed by atoms with Crippen molar-refractivity contribution in [3.63, 3.8) is 0 Å². The van der Waals surface area contributed by atoms with Gasteiger partial charge in [-0.25, -0.2) is 14.4 Å². The second kappa shape index (κ2) is 11.0. The van der Waals surface area contributed by atoms with Crippen molar-refractivity contribution >= 4 is 17.4 Å². The number of amides is 1. The van der Waals surface area contributed by atoms with E-state index in [0.717, 1.165) is 30.1 Å². The van der Waals surface area contributed by atoms with E-state index in [4.69, 9.17) is 0 Å². The smallest absolute Gasteiger partial charge is 0.251 e. The molecule has 0 aliphatic carbocycles. The van der Waals surface area contributed by atoms with E-state index in [-0.39, 0.29) is 11.7 Å². The molecular formula is C26H30FN5O. The zero-order valence-corrected chi connectivity index (χ0v) is 18.9. The third-order valence-electron chi connectivity index (χ3n) is 5.99. The molecule has 0 atom stereocenters. The van der Waals surface area contributed by atoms with Gasteiger partial charge < -0.3 is 15.5 Å². The molecule has 1 fully saturated rings. The van der Waals surface area contributed by atoms with Gasteiger partial charge in [0.2, 0.25) is 0 Å². The highest BCUT2D eigenvalue weighted by molar-refractivity contribution is 5.94. The Balaban J connectivity index is 1.26. The van der Waals surface area contributed by atoms with Gasteiger partial charge >= 0.3 is 0 Å². The summed E-state index contributed by atoms with van der Waals surface area (Å²) in [5, 5.41) is 6.23. The van der Waals surface area contributed by atoms with E-state index in [0.29, 0.717) is 23.8 Å². The maximum atomic E-state index is 13.2. The average molecular weight is 448 g/mol. The van der Waals surface area contributed by atoms with Crippen LogP contribution < -0.4 is 10.6 Å². The Morgan fingerprint density at radius 2 is 1.79 bits per heavy atom. The molecule has 4 rings (SSSR count). The van der Waals surface area contributed by atoms with E-state index in [9.17, 15) is 9.18 Å². The Kier molecular flexibility index (Phi) is 7.62. The fourth-order valence-electron chi connectivity index (χ4n) is 3.91. The van der Waals surface area contributed by atoms with Crippen molar-refractivity contribution in [2.24, 2.45) is 5.92 Å². The van der Waals surface area contributed by atoms with Crippen molar-refractivity contribution in [1.29, 1.82) is 0 Å². The van der Waals surface area contributed by atoms with Crippen LogP contribution in [0.3, 0.4) is 0 Å². The highest BCUT2D eigenvalue weighted by Crippen LogP contribution is 2.20. The fourth-order valence-corrected chi connectivity index (χ4v) is 3.91. The number of aromatic nitrogens is 2.